The molecule has 3 aromatic rings. The van der Waals surface area contributed by atoms with Crippen molar-refractivity contribution in [3.05, 3.63) is 60.3 Å². The van der Waals surface area contributed by atoms with E-state index in [1.807, 2.05) is 54.6 Å². The minimum absolute atomic E-state index is 0.241. The van der Waals surface area contributed by atoms with Crippen molar-refractivity contribution in [1.82, 2.24) is 4.98 Å². The molecule has 0 saturated heterocycles. The first-order valence-electron chi connectivity index (χ1n) is 5.73. The van der Waals surface area contributed by atoms with Crippen LogP contribution in [0.4, 0.5) is 5.69 Å². The van der Waals surface area contributed by atoms with Gasteiger partial charge in [-0.25, -0.2) is 0 Å². The summed E-state index contributed by atoms with van der Waals surface area (Å²) in [5.74, 6) is 0.241. The number of aliphatic imine (C=N–C) groups is 1. The third-order valence-corrected chi connectivity index (χ3v) is 2.81. The highest BCUT2D eigenvalue weighted by Crippen LogP contribution is 2.27. The maximum absolute atomic E-state index is 10.0. The molecule has 0 bridgehead atoms. The summed E-state index contributed by atoms with van der Waals surface area (Å²) in [5.41, 5.74) is 2.39. The summed E-state index contributed by atoms with van der Waals surface area (Å²) < 4.78 is 0. The minimum Gasteiger partial charge on any atom is -0.505 e. The second kappa shape index (κ2) is 4.37. The van der Waals surface area contributed by atoms with Crippen molar-refractivity contribution in [3.63, 3.8) is 0 Å². The van der Waals surface area contributed by atoms with Crippen molar-refractivity contribution in [3.8, 4) is 5.75 Å². The van der Waals surface area contributed by atoms with Crippen LogP contribution in [0.25, 0.3) is 10.9 Å². The summed E-state index contributed by atoms with van der Waals surface area (Å²) in [7, 11) is 0. The maximum atomic E-state index is 10.0. The second-order valence-electron chi connectivity index (χ2n) is 4.03. The molecule has 0 fully saturated rings. The van der Waals surface area contributed by atoms with Crippen molar-refractivity contribution in [1.29, 1.82) is 0 Å². The average Bonchev–Trinajstić information content (AvgIpc) is 2.75. The predicted octanol–water partition coefficient (Wildman–Crippen LogP) is 3.62. The first-order chi connectivity index (χ1) is 8.84. The Balaban J connectivity index is 2.00. The SMILES string of the molecule is Oc1c(C=Nc2ccccc2)[nH]c2ccccc12. The molecule has 0 saturated carbocycles. The molecule has 3 rings (SSSR count). The number of aromatic nitrogens is 1. The summed E-state index contributed by atoms with van der Waals surface area (Å²) >= 11 is 0. The van der Waals surface area contributed by atoms with Gasteiger partial charge in [0, 0.05) is 10.9 Å². The van der Waals surface area contributed by atoms with Crippen molar-refractivity contribution in [2.24, 2.45) is 4.99 Å². The van der Waals surface area contributed by atoms with Crippen LogP contribution in [0.15, 0.2) is 59.6 Å². The highest BCUT2D eigenvalue weighted by molar-refractivity contribution is 5.97. The Morgan fingerprint density at radius 3 is 2.44 bits per heavy atom. The van der Waals surface area contributed by atoms with Gasteiger partial charge in [0.2, 0.25) is 0 Å². The minimum atomic E-state index is 0.241. The average molecular weight is 236 g/mol. The van der Waals surface area contributed by atoms with Crippen molar-refractivity contribution in [2.45, 2.75) is 0 Å². The number of benzene rings is 2. The number of H-pyrrole nitrogens is 1. The van der Waals surface area contributed by atoms with Gasteiger partial charge in [-0.15, -0.1) is 0 Å². The molecule has 0 spiro atoms. The van der Waals surface area contributed by atoms with Gasteiger partial charge in [0.15, 0.2) is 0 Å². The Hall–Kier alpha value is -2.55. The summed E-state index contributed by atoms with van der Waals surface area (Å²) in [4.78, 5) is 7.45. The Morgan fingerprint density at radius 1 is 0.944 bits per heavy atom. The molecule has 0 aliphatic carbocycles. The molecule has 2 aromatic carbocycles. The lowest BCUT2D eigenvalue weighted by Crippen LogP contribution is -1.79. The highest BCUT2D eigenvalue weighted by atomic mass is 16.3. The van der Waals surface area contributed by atoms with E-state index in [0.717, 1.165) is 16.6 Å². The molecule has 1 heterocycles. The molecule has 0 aliphatic rings. The van der Waals surface area contributed by atoms with E-state index in [1.165, 1.54) is 0 Å². The third kappa shape index (κ3) is 1.86. The van der Waals surface area contributed by atoms with Gasteiger partial charge >= 0.3 is 0 Å². The van der Waals surface area contributed by atoms with E-state index >= 15 is 0 Å². The van der Waals surface area contributed by atoms with Crippen LogP contribution < -0.4 is 0 Å². The molecular weight excluding hydrogens is 224 g/mol. The number of para-hydroxylation sites is 2. The van der Waals surface area contributed by atoms with Crippen LogP contribution in [0, 0.1) is 0 Å². The predicted molar refractivity (Wildman–Crippen MR) is 73.7 cm³/mol. The van der Waals surface area contributed by atoms with Gasteiger partial charge in [0.1, 0.15) is 11.4 Å². The van der Waals surface area contributed by atoms with Gasteiger partial charge in [-0.1, -0.05) is 30.3 Å². The first-order valence-corrected chi connectivity index (χ1v) is 5.73. The van der Waals surface area contributed by atoms with Gasteiger partial charge < -0.3 is 10.1 Å². The normalized spacial score (nSPS) is 11.3. The number of hydrogen-bond donors (Lipinski definition) is 2. The van der Waals surface area contributed by atoms with E-state index in [4.69, 9.17) is 0 Å². The van der Waals surface area contributed by atoms with Crippen molar-refractivity contribution in [2.75, 3.05) is 0 Å². The fourth-order valence-corrected chi connectivity index (χ4v) is 1.89. The van der Waals surface area contributed by atoms with E-state index in [1.54, 1.807) is 6.21 Å². The van der Waals surface area contributed by atoms with E-state index in [-0.39, 0.29) is 5.75 Å². The number of aromatic hydroxyl groups is 1. The number of nitrogens with zero attached hydrogens (tertiary/aromatic N) is 1. The lowest BCUT2D eigenvalue weighted by atomic mass is 10.2. The van der Waals surface area contributed by atoms with Gasteiger partial charge in [-0.2, -0.15) is 0 Å². The molecule has 0 atom stereocenters. The lowest BCUT2D eigenvalue weighted by molar-refractivity contribution is 0.480. The van der Waals surface area contributed by atoms with E-state index in [9.17, 15) is 5.11 Å². The van der Waals surface area contributed by atoms with Gasteiger partial charge in [-0.05, 0) is 24.3 Å². The highest BCUT2D eigenvalue weighted by Gasteiger charge is 2.06. The zero-order chi connectivity index (χ0) is 12.4. The third-order valence-electron chi connectivity index (χ3n) is 2.81. The van der Waals surface area contributed by atoms with E-state index < -0.39 is 0 Å². The number of hydrogen-bond acceptors (Lipinski definition) is 2. The van der Waals surface area contributed by atoms with Crippen LogP contribution in [-0.2, 0) is 0 Å². The molecule has 0 amide bonds. The molecule has 0 unspecified atom stereocenters. The van der Waals surface area contributed by atoms with E-state index in [2.05, 4.69) is 9.98 Å². The Bertz CT molecular complexity index is 699. The van der Waals surface area contributed by atoms with Crippen LogP contribution in [0.1, 0.15) is 5.69 Å². The second-order valence-corrected chi connectivity index (χ2v) is 4.03. The first kappa shape index (κ1) is 10.6. The molecule has 0 aliphatic heterocycles. The fraction of sp³-hybridized carbons (Fsp3) is 0. The summed E-state index contributed by atoms with van der Waals surface area (Å²) in [5, 5.41) is 10.9. The Morgan fingerprint density at radius 2 is 1.67 bits per heavy atom. The number of fused-ring (bicyclic) bond motifs is 1. The molecule has 0 radical (unpaired) electrons. The van der Waals surface area contributed by atoms with Gasteiger partial charge in [0.05, 0.1) is 11.9 Å². The standard InChI is InChI=1S/C15H12N2O/c18-15-12-8-4-5-9-13(12)17-14(15)10-16-11-6-2-1-3-7-11/h1-10,17-18H. The van der Waals surface area contributed by atoms with Crippen LogP contribution in [0.2, 0.25) is 0 Å². The quantitative estimate of drug-likeness (QED) is 0.656. The maximum Gasteiger partial charge on any atom is 0.149 e. The summed E-state index contributed by atoms with van der Waals surface area (Å²) in [6, 6.07) is 17.3. The molecule has 18 heavy (non-hydrogen) atoms. The van der Waals surface area contributed by atoms with Crippen molar-refractivity contribution >= 4 is 22.8 Å². The fourth-order valence-electron chi connectivity index (χ4n) is 1.89. The molecule has 88 valence electrons. The van der Waals surface area contributed by atoms with Crippen LogP contribution in [-0.4, -0.2) is 16.3 Å². The number of rotatable bonds is 2. The topological polar surface area (TPSA) is 48.4 Å². The van der Waals surface area contributed by atoms with Crippen LogP contribution >= 0.6 is 0 Å². The Labute approximate surface area is 104 Å². The Kier molecular flexibility index (Phi) is 2.57. The van der Waals surface area contributed by atoms with E-state index in [0.29, 0.717) is 5.69 Å². The monoisotopic (exact) mass is 236 g/mol. The summed E-state index contributed by atoms with van der Waals surface area (Å²) in [6.07, 6.45) is 1.64. The molecule has 2 N–H and O–H groups in total. The smallest absolute Gasteiger partial charge is 0.149 e. The van der Waals surface area contributed by atoms with Gasteiger partial charge in [0.25, 0.3) is 0 Å². The molecular formula is C15H12N2O. The molecule has 1 aromatic heterocycles. The lowest BCUT2D eigenvalue weighted by Gasteiger charge is -1.92. The molecule has 3 heteroatoms. The molecule has 3 nitrogen and oxygen atoms in total. The van der Waals surface area contributed by atoms with Crippen molar-refractivity contribution < 1.29 is 5.11 Å². The van der Waals surface area contributed by atoms with Crippen LogP contribution in [0.3, 0.4) is 0 Å². The summed E-state index contributed by atoms with van der Waals surface area (Å²) in [6.45, 7) is 0. The van der Waals surface area contributed by atoms with Crippen LogP contribution in [0.5, 0.6) is 5.75 Å². The number of aromatic amines is 1. The zero-order valence-electron chi connectivity index (χ0n) is 9.67. The largest absolute Gasteiger partial charge is 0.505 e. The zero-order valence-corrected chi connectivity index (χ0v) is 9.67. The number of nitrogens with one attached hydrogen (secondary N) is 1. The van der Waals surface area contributed by atoms with Gasteiger partial charge in [-0.3, -0.25) is 4.99 Å².